The van der Waals surface area contributed by atoms with Gasteiger partial charge in [-0.1, -0.05) is 25.3 Å². The van der Waals surface area contributed by atoms with E-state index in [2.05, 4.69) is 0 Å². The van der Waals surface area contributed by atoms with Gasteiger partial charge in [-0.25, -0.2) is 4.39 Å². The molecule has 2 N–H and O–H groups in total. The number of halogens is 1. The third-order valence-corrected chi connectivity index (χ3v) is 4.23. The molecule has 0 atom stereocenters. The van der Waals surface area contributed by atoms with Crippen LogP contribution in [0.1, 0.15) is 53.6 Å². The maximum Gasteiger partial charge on any atom is 0.150 e. The Kier molecular flexibility index (Phi) is 3.81. The lowest BCUT2D eigenvalue weighted by atomic mass is 9.68. The normalized spacial score (nSPS) is 18.6. The van der Waals surface area contributed by atoms with Crippen molar-refractivity contribution < 1.29 is 9.18 Å². The van der Waals surface area contributed by atoms with Crippen LogP contribution in [-0.4, -0.2) is 12.8 Å². The first kappa shape index (κ1) is 13.2. The smallest absolute Gasteiger partial charge is 0.150 e. The highest BCUT2D eigenvalue weighted by Gasteiger charge is 2.34. The second kappa shape index (κ2) is 5.19. The van der Waals surface area contributed by atoms with E-state index in [9.17, 15) is 9.18 Å². The van der Waals surface area contributed by atoms with Gasteiger partial charge in [0.05, 0.1) is 0 Å². The monoisotopic (exact) mass is 249 g/mol. The first-order valence-corrected chi connectivity index (χ1v) is 6.59. The minimum absolute atomic E-state index is 0.132. The number of carbonyl (C=O) groups excluding carboxylic acids is 1. The molecule has 98 valence electrons. The van der Waals surface area contributed by atoms with Gasteiger partial charge in [-0.15, -0.1) is 0 Å². The Morgan fingerprint density at radius 3 is 2.56 bits per heavy atom. The maximum atomic E-state index is 13.6. The molecular weight excluding hydrogens is 229 g/mol. The Bertz CT molecular complexity index is 450. The van der Waals surface area contributed by atoms with Crippen LogP contribution < -0.4 is 5.73 Å². The van der Waals surface area contributed by atoms with Crippen molar-refractivity contribution in [1.82, 2.24) is 0 Å². The second-order valence-electron chi connectivity index (χ2n) is 5.35. The molecule has 0 saturated heterocycles. The van der Waals surface area contributed by atoms with Crippen LogP contribution in [0.3, 0.4) is 0 Å². The molecule has 18 heavy (non-hydrogen) atoms. The van der Waals surface area contributed by atoms with Gasteiger partial charge in [0, 0.05) is 17.5 Å². The Morgan fingerprint density at radius 2 is 2.00 bits per heavy atom. The third-order valence-electron chi connectivity index (χ3n) is 4.23. The first-order valence-electron chi connectivity index (χ1n) is 6.59. The van der Waals surface area contributed by atoms with Crippen molar-refractivity contribution in [2.24, 2.45) is 5.73 Å². The fourth-order valence-corrected chi connectivity index (χ4v) is 3.07. The highest BCUT2D eigenvalue weighted by molar-refractivity contribution is 5.78. The predicted octanol–water partition coefficient (Wildman–Crippen LogP) is 3.11. The van der Waals surface area contributed by atoms with Gasteiger partial charge in [-0.3, -0.25) is 4.79 Å². The summed E-state index contributed by atoms with van der Waals surface area (Å²) in [6, 6.07) is 3.17. The van der Waals surface area contributed by atoms with Crippen molar-refractivity contribution in [2.45, 2.75) is 44.4 Å². The molecule has 1 fully saturated rings. The van der Waals surface area contributed by atoms with Crippen LogP contribution in [0.5, 0.6) is 0 Å². The van der Waals surface area contributed by atoms with Gasteiger partial charge >= 0.3 is 0 Å². The number of hydrogen-bond acceptors (Lipinski definition) is 2. The number of rotatable bonds is 3. The van der Waals surface area contributed by atoms with Crippen molar-refractivity contribution in [3.05, 3.63) is 34.6 Å². The lowest BCUT2D eigenvalue weighted by Gasteiger charge is -2.37. The molecule has 1 aliphatic rings. The third kappa shape index (κ3) is 2.19. The van der Waals surface area contributed by atoms with E-state index in [1.54, 1.807) is 6.92 Å². The summed E-state index contributed by atoms with van der Waals surface area (Å²) in [5.41, 5.74) is 7.84. The van der Waals surface area contributed by atoms with Gasteiger partial charge in [-0.05, 0) is 37.0 Å². The summed E-state index contributed by atoms with van der Waals surface area (Å²) in [6.45, 7) is 2.26. The van der Waals surface area contributed by atoms with Gasteiger partial charge in [0.1, 0.15) is 12.1 Å². The van der Waals surface area contributed by atoms with E-state index in [1.165, 1.54) is 12.5 Å². The summed E-state index contributed by atoms with van der Waals surface area (Å²) in [5, 5.41) is 0. The summed E-state index contributed by atoms with van der Waals surface area (Å²) in [6.07, 6.45) is 6.23. The molecule has 0 bridgehead atoms. The van der Waals surface area contributed by atoms with E-state index in [0.29, 0.717) is 17.7 Å². The zero-order valence-corrected chi connectivity index (χ0v) is 10.8. The van der Waals surface area contributed by atoms with Crippen LogP contribution in [0.25, 0.3) is 0 Å². The quantitative estimate of drug-likeness (QED) is 0.836. The Morgan fingerprint density at radius 1 is 1.33 bits per heavy atom. The molecule has 1 saturated carbocycles. The zero-order valence-electron chi connectivity index (χ0n) is 10.8. The average molecular weight is 249 g/mol. The number of nitrogens with two attached hydrogens (primary N) is 1. The Labute approximate surface area is 107 Å². The minimum atomic E-state index is -0.316. The summed E-state index contributed by atoms with van der Waals surface area (Å²) in [7, 11) is 0. The molecule has 1 aromatic carbocycles. The van der Waals surface area contributed by atoms with E-state index in [0.717, 1.165) is 37.5 Å². The average Bonchev–Trinajstić information content (AvgIpc) is 2.42. The number of hydrogen-bond donors (Lipinski definition) is 1. The molecule has 0 spiro atoms. The molecule has 1 aliphatic carbocycles. The van der Waals surface area contributed by atoms with Gasteiger partial charge in [0.15, 0.2) is 0 Å². The predicted molar refractivity (Wildman–Crippen MR) is 70.3 cm³/mol. The fraction of sp³-hybridized carbons (Fsp3) is 0.533. The topological polar surface area (TPSA) is 43.1 Å². The molecule has 0 unspecified atom stereocenters. The molecule has 2 nitrogen and oxygen atoms in total. The van der Waals surface area contributed by atoms with Gasteiger partial charge < -0.3 is 5.73 Å². The van der Waals surface area contributed by atoms with E-state index in [4.69, 9.17) is 5.73 Å². The molecule has 0 amide bonds. The van der Waals surface area contributed by atoms with Crippen LogP contribution in [0.2, 0.25) is 0 Å². The van der Waals surface area contributed by atoms with E-state index >= 15 is 0 Å². The van der Waals surface area contributed by atoms with Crippen LogP contribution in [0.4, 0.5) is 4.39 Å². The van der Waals surface area contributed by atoms with Gasteiger partial charge in [0.2, 0.25) is 0 Å². The maximum absolute atomic E-state index is 13.6. The number of carbonyl (C=O) groups is 1. The molecular formula is C15H20FNO. The highest BCUT2D eigenvalue weighted by atomic mass is 19.1. The largest absolute Gasteiger partial charge is 0.330 e. The van der Waals surface area contributed by atoms with E-state index in [-0.39, 0.29) is 11.2 Å². The van der Waals surface area contributed by atoms with Gasteiger partial charge in [-0.2, -0.15) is 0 Å². The summed E-state index contributed by atoms with van der Waals surface area (Å²) in [4.78, 5) is 11.2. The molecule has 3 heteroatoms. The Hall–Kier alpha value is -1.22. The minimum Gasteiger partial charge on any atom is -0.330 e. The summed E-state index contributed by atoms with van der Waals surface area (Å²) < 4.78 is 13.6. The van der Waals surface area contributed by atoms with E-state index < -0.39 is 0 Å². The van der Waals surface area contributed by atoms with Crippen molar-refractivity contribution in [2.75, 3.05) is 6.54 Å². The lowest BCUT2D eigenvalue weighted by molar-refractivity contribution is 0.111. The summed E-state index contributed by atoms with van der Waals surface area (Å²) in [5.74, 6) is -0.316. The molecule has 1 aromatic rings. The van der Waals surface area contributed by atoms with E-state index in [1.807, 2.05) is 6.07 Å². The molecule has 0 heterocycles. The number of aldehydes is 1. The van der Waals surface area contributed by atoms with Crippen LogP contribution in [0, 0.1) is 12.7 Å². The van der Waals surface area contributed by atoms with Gasteiger partial charge in [0.25, 0.3) is 0 Å². The van der Waals surface area contributed by atoms with Crippen LogP contribution in [-0.2, 0) is 5.41 Å². The van der Waals surface area contributed by atoms with Crippen LogP contribution >= 0.6 is 0 Å². The highest BCUT2D eigenvalue weighted by Crippen LogP contribution is 2.40. The molecule has 0 aromatic heterocycles. The second-order valence-corrected chi connectivity index (χ2v) is 5.35. The zero-order chi connectivity index (χ0) is 13.2. The van der Waals surface area contributed by atoms with Crippen molar-refractivity contribution >= 4 is 6.29 Å². The molecule has 0 radical (unpaired) electrons. The van der Waals surface area contributed by atoms with Crippen molar-refractivity contribution in [3.63, 3.8) is 0 Å². The van der Waals surface area contributed by atoms with Crippen LogP contribution in [0.15, 0.2) is 12.1 Å². The SMILES string of the molecule is Cc1cc(C2(CN)CCCCC2)c(C=O)cc1F. The number of aryl methyl sites for hydroxylation is 1. The molecule has 0 aliphatic heterocycles. The first-order chi connectivity index (χ1) is 8.63. The standard InChI is InChI=1S/C15H20FNO/c1-11-7-13(12(9-18)8-14(11)16)15(10-17)5-3-2-4-6-15/h7-9H,2-6,10,17H2,1H3. The number of benzene rings is 1. The summed E-state index contributed by atoms with van der Waals surface area (Å²) >= 11 is 0. The molecule has 2 rings (SSSR count). The van der Waals surface area contributed by atoms with Crippen molar-refractivity contribution in [3.8, 4) is 0 Å². The fourth-order valence-electron chi connectivity index (χ4n) is 3.07. The Balaban J connectivity index is 2.53. The lowest BCUT2D eigenvalue weighted by Crippen LogP contribution is -2.38. The van der Waals surface area contributed by atoms with Crippen molar-refractivity contribution in [1.29, 1.82) is 0 Å².